The third-order valence-electron chi connectivity index (χ3n) is 4.41. The van der Waals surface area contributed by atoms with Crippen LogP contribution in [0.25, 0.3) is 11.1 Å². The Morgan fingerprint density at radius 2 is 1.92 bits per heavy atom. The molecule has 124 valence electrons. The van der Waals surface area contributed by atoms with E-state index >= 15 is 0 Å². The lowest BCUT2D eigenvalue weighted by atomic mass is 10.0. The van der Waals surface area contributed by atoms with Gasteiger partial charge >= 0.3 is 0 Å². The van der Waals surface area contributed by atoms with Gasteiger partial charge in [-0.15, -0.1) is 0 Å². The largest absolute Gasteiger partial charge is 0.291 e. The van der Waals surface area contributed by atoms with Crippen LogP contribution in [-0.4, -0.2) is 15.7 Å². The summed E-state index contributed by atoms with van der Waals surface area (Å²) >= 11 is 0. The number of fused-ring (bicyclic) bond motifs is 3. The first kappa shape index (κ1) is 15.3. The SMILES string of the molecule is C/C(=N/Nc1nc(C)cc(=O)[nH]1)c1ccc2c(c1)Cc1ccccc1-2. The molecule has 0 bridgehead atoms. The Morgan fingerprint density at radius 3 is 2.76 bits per heavy atom. The molecule has 0 fully saturated rings. The highest BCUT2D eigenvalue weighted by Gasteiger charge is 2.18. The fourth-order valence-electron chi connectivity index (χ4n) is 3.20. The number of rotatable bonds is 3. The van der Waals surface area contributed by atoms with Gasteiger partial charge in [-0.05, 0) is 54.2 Å². The van der Waals surface area contributed by atoms with Crippen LogP contribution < -0.4 is 11.0 Å². The Bertz CT molecular complexity index is 1050. The number of aryl methyl sites for hydroxylation is 1. The van der Waals surface area contributed by atoms with Crippen molar-refractivity contribution in [3.05, 3.63) is 81.3 Å². The van der Waals surface area contributed by atoms with Gasteiger partial charge in [0.05, 0.1) is 5.71 Å². The summed E-state index contributed by atoms with van der Waals surface area (Å²) in [6.45, 7) is 3.71. The smallest absolute Gasteiger partial charge is 0.252 e. The number of hydrazone groups is 1. The number of aromatic amines is 1. The van der Waals surface area contributed by atoms with Gasteiger partial charge in [-0.1, -0.05) is 36.4 Å². The Labute approximate surface area is 145 Å². The molecular formula is C20H18N4O. The van der Waals surface area contributed by atoms with Crippen LogP contribution in [0.4, 0.5) is 5.95 Å². The monoisotopic (exact) mass is 330 g/mol. The van der Waals surface area contributed by atoms with E-state index in [1.54, 1.807) is 6.92 Å². The van der Waals surface area contributed by atoms with Gasteiger partial charge in [-0.3, -0.25) is 9.78 Å². The van der Waals surface area contributed by atoms with E-state index < -0.39 is 0 Å². The Kier molecular flexibility index (Phi) is 3.69. The summed E-state index contributed by atoms with van der Waals surface area (Å²) in [6.07, 6.45) is 0.951. The van der Waals surface area contributed by atoms with E-state index in [1.165, 1.54) is 28.3 Å². The molecule has 5 nitrogen and oxygen atoms in total. The van der Waals surface area contributed by atoms with E-state index in [0.717, 1.165) is 17.7 Å². The first-order chi connectivity index (χ1) is 12.1. The van der Waals surface area contributed by atoms with Gasteiger partial charge < -0.3 is 0 Å². The van der Waals surface area contributed by atoms with E-state index in [4.69, 9.17) is 0 Å². The number of nitrogens with one attached hydrogen (secondary N) is 2. The number of hydrogen-bond acceptors (Lipinski definition) is 4. The van der Waals surface area contributed by atoms with Crippen molar-refractivity contribution in [2.75, 3.05) is 5.43 Å². The normalized spacial score (nSPS) is 12.6. The van der Waals surface area contributed by atoms with Crippen LogP contribution >= 0.6 is 0 Å². The second-order valence-electron chi connectivity index (χ2n) is 6.25. The van der Waals surface area contributed by atoms with Gasteiger partial charge in [0, 0.05) is 11.8 Å². The average molecular weight is 330 g/mol. The van der Waals surface area contributed by atoms with E-state index in [2.05, 4.69) is 63.0 Å². The number of benzene rings is 2. The third-order valence-corrected chi connectivity index (χ3v) is 4.41. The molecule has 0 saturated carbocycles. The Hall–Kier alpha value is -3.21. The van der Waals surface area contributed by atoms with Crippen LogP contribution in [-0.2, 0) is 6.42 Å². The van der Waals surface area contributed by atoms with Crippen LogP contribution in [0.2, 0.25) is 0 Å². The predicted octanol–water partition coefficient (Wildman–Crippen LogP) is 3.49. The first-order valence-corrected chi connectivity index (χ1v) is 8.20. The molecular weight excluding hydrogens is 312 g/mol. The lowest BCUT2D eigenvalue weighted by Gasteiger charge is -2.06. The third kappa shape index (κ3) is 2.96. The van der Waals surface area contributed by atoms with Crippen molar-refractivity contribution in [1.29, 1.82) is 0 Å². The number of hydrogen-bond donors (Lipinski definition) is 2. The Balaban J connectivity index is 1.60. The molecule has 1 aliphatic carbocycles. The second-order valence-corrected chi connectivity index (χ2v) is 6.25. The fraction of sp³-hybridized carbons (Fsp3) is 0.150. The molecule has 1 aliphatic rings. The van der Waals surface area contributed by atoms with Gasteiger partial charge in [0.1, 0.15) is 0 Å². The van der Waals surface area contributed by atoms with E-state index in [9.17, 15) is 4.79 Å². The lowest BCUT2D eigenvalue weighted by Crippen LogP contribution is -2.11. The van der Waals surface area contributed by atoms with Crippen LogP contribution in [0.1, 0.15) is 29.3 Å². The van der Waals surface area contributed by atoms with Crippen molar-refractivity contribution in [1.82, 2.24) is 9.97 Å². The molecule has 0 atom stereocenters. The Morgan fingerprint density at radius 1 is 1.12 bits per heavy atom. The summed E-state index contributed by atoms with van der Waals surface area (Å²) in [5.41, 5.74) is 10.5. The minimum absolute atomic E-state index is 0.196. The molecule has 3 aromatic rings. The number of aromatic nitrogens is 2. The highest BCUT2D eigenvalue weighted by atomic mass is 16.1. The number of nitrogens with zero attached hydrogens (tertiary/aromatic N) is 2. The second kappa shape index (κ2) is 6.02. The summed E-state index contributed by atoms with van der Waals surface area (Å²) in [4.78, 5) is 18.3. The molecule has 0 saturated heterocycles. The molecule has 0 aliphatic heterocycles. The summed E-state index contributed by atoms with van der Waals surface area (Å²) in [5, 5.41) is 4.36. The molecule has 2 aromatic carbocycles. The molecule has 5 heteroatoms. The first-order valence-electron chi connectivity index (χ1n) is 8.20. The van der Waals surface area contributed by atoms with E-state index in [0.29, 0.717) is 11.6 Å². The summed E-state index contributed by atoms with van der Waals surface area (Å²) in [5.74, 6) is 0.345. The molecule has 0 radical (unpaired) electrons. The zero-order valence-electron chi connectivity index (χ0n) is 14.1. The standard InChI is InChI=1S/C20H18N4O/c1-12-9-19(25)22-20(21-12)24-23-13(2)14-7-8-18-16(10-14)11-15-5-3-4-6-17(15)18/h3-10H,11H2,1-2H3,(H2,21,22,24,25)/b23-13-. The van der Waals surface area contributed by atoms with Crippen molar-refractivity contribution in [3.8, 4) is 11.1 Å². The highest BCUT2D eigenvalue weighted by molar-refractivity contribution is 6.00. The molecule has 0 unspecified atom stereocenters. The minimum Gasteiger partial charge on any atom is -0.291 e. The maximum Gasteiger partial charge on any atom is 0.252 e. The molecule has 2 N–H and O–H groups in total. The predicted molar refractivity (Wildman–Crippen MR) is 100 cm³/mol. The summed E-state index contributed by atoms with van der Waals surface area (Å²) < 4.78 is 0. The van der Waals surface area contributed by atoms with Gasteiger partial charge in [-0.25, -0.2) is 10.4 Å². The lowest BCUT2D eigenvalue weighted by molar-refractivity contribution is 1.04. The highest BCUT2D eigenvalue weighted by Crippen LogP contribution is 2.36. The van der Waals surface area contributed by atoms with Crippen molar-refractivity contribution < 1.29 is 0 Å². The van der Waals surface area contributed by atoms with Crippen molar-refractivity contribution in [3.63, 3.8) is 0 Å². The van der Waals surface area contributed by atoms with Gasteiger partial charge in [0.2, 0.25) is 5.95 Å². The van der Waals surface area contributed by atoms with Crippen LogP contribution in [0, 0.1) is 6.92 Å². The maximum absolute atomic E-state index is 11.5. The van der Waals surface area contributed by atoms with Crippen molar-refractivity contribution in [2.45, 2.75) is 20.3 Å². The molecule has 1 aromatic heterocycles. The molecule has 0 amide bonds. The fourth-order valence-corrected chi connectivity index (χ4v) is 3.20. The van der Waals surface area contributed by atoms with Gasteiger partial charge in [-0.2, -0.15) is 5.10 Å². The molecule has 0 spiro atoms. The molecule has 1 heterocycles. The van der Waals surface area contributed by atoms with Crippen molar-refractivity contribution in [2.24, 2.45) is 5.10 Å². The molecule has 25 heavy (non-hydrogen) atoms. The van der Waals surface area contributed by atoms with Gasteiger partial charge in [0.25, 0.3) is 5.56 Å². The topological polar surface area (TPSA) is 70.1 Å². The quantitative estimate of drug-likeness (QED) is 0.446. The minimum atomic E-state index is -0.196. The maximum atomic E-state index is 11.5. The summed E-state index contributed by atoms with van der Waals surface area (Å²) in [6, 6.07) is 16.4. The van der Waals surface area contributed by atoms with Crippen LogP contribution in [0.15, 0.2) is 58.4 Å². The molecule has 4 rings (SSSR count). The van der Waals surface area contributed by atoms with Crippen LogP contribution in [0.3, 0.4) is 0 Å². The number of H-pyrrole nitrogens is 1. The zero-order chi connectivity index (χ0) is 17.4. The average Bonchev–Trinajstić information content (AvgIpc) is 2.96. The van der Waals surface area contributed by atoms with E-state index in [-0.39, 0.29) is 5.56 Å². The van der Waals surface area contributed by atoms with Gasteiger partial charge in [0.15, 0.2) is 0 Å². The van der Waals surface area contributed by atoms with Crippen LogP contribution in [0.5, 0.6) is 0 Å². The zero-order valence-corrected chi connectivity index (χ0v) is 14.1. The van der Waals surface area contributed by atoms with E-state index in [1.807, 2.05) is 6.92 Å². The van der Waals surface area contributed by atoms with Crippen molar-refractivity contribution >= 4 is 11.7 Å². The number of anilines is 1. The summed E-state index contributed by atoms with van der Waals surface area (Å²) in [7, 11) is 0.